The molecule has 1 aliphatic heterocycles. The van der Waals surface area contributed by atoms with Crippen molar-refractivity contribution in [3.05, 3.63) is 63.2 Å². The van der Waals surface area contributed by atoms with E-state index in [0.29, 0.717) is 5.69 Å². The number of benzene rings is 2. The van der Waals surface area contributed by atoms with Crippen molar-refractivity contribution < 1.29 is 9.59 Å². The van der Waals surface area contributed by atoms with Gasteiger partial charge >= 0.3 is 0 Å². The molecule has 1 heterocycles. The monoisotopic (exact) mass is 433 g/mol. The fraction of sp³-hybridized carbons (Fsp3) is 0.111. The molecular formula is C18H16IN3O2. The number of amides is 2. The van der Waals surface area contributed by atoms with Gasteiger partial charge in [0.05, 0.1) is 5.69 Å². The Morgan fingerprint density at radius 1 is 1.00 bits per heavy atom. The Morgan fingerprint density at radius 2 is 1.62 bits per heavy atom. The first-order valence-electron chi connectivity index (χ1n) is 7.36. The third kappa shape index (κ3) is 3.28. The number of nitrogens with zero attached hydrogens (tertiary/aromatic N) is 2. The lowest BCUT2D eigenvalue weighted by molar-refractivity contribution is -0.117. The molecule has 1 N–H and O–H groups in total. The van der Waals surface area contributed by atoms with Gasteiger partial charge in [0.1, 0.15) is 5.57 Å². The van der Waals surface area contributed by atoms with Crippen LogP contribution in [0.3, 0.4) is 0 Å². The molecule has 2 aromatic carbocycles. The van der Waals surface area contributed by atoms with Crippen molar-refractivity contribution in [2.75, 3.05) is 24.0 Å². The summed E-state index contributed by atoms with van der Waals surface area (Å²) in [6, 6.07) is 15.0. The van der Waals surface area contributed by atoms with Crippen molar-refractivity contribution in [3.63, 3.8) is 0 Å². The summed E-state index contributed by atoms with van der Waals surface area (Å²) in [5.41, 5.74) is 5.24. The Bertz CT molecular complexity index is 811. The lowest BCUT2D eigenvalue weighted by Crippen LogP contribution is -2.35. The van der Waals surface area contributed by atoms with Gasteiger partial charge in [-0.1, -0.05) is 12.1 Å². The minimum absolute atomic E-state index is 0.131. The molecule has 1 saturated heterocycles. The Hall–Kier alpha value is -2.35. The Labute approximate surface area is 154 Å². The summed E-state index contributed by atoms with van der Waals surface area (Å²) in [7, 11) is 3.92. The second kappa shape index (κ2) is 6.64. The van der Waals surface area contributed by atoms with E-state index < -0.39 is 5.91 Å². The van der Waals surface area contributed by atoms with E-state index in [1.165, 1.54) is 5.01 Å². The van der Waals surface area contributed by atoms with Crippen LogP contribution in [-0.4, -0.2) is 25.9 Å². The van der Waals surface area contributed by atoms with Crippen molar-refractivity contribution in [1.29, 1.82) is 0 Å². The molecule has 0 aromatic heterocycles. The highest BCUT2D eigenvalue weighted by Crippen LogP contribution is 2.23. The van der Waals surface area contributed by atoms with Gasteiger partial charge in [-0.05, 0) is 70.6 Å². The zero-order chi connectivity index (χ0) is 17.3. The maximum Gasteiger partial charge on any atom is 0.282 e. The largest absolute Gasteiger partial charge is 0.378 e. The third-order valence-corrected chi connectivity index (χ3v) is 4.42. The molecule has 0 saturated carbocycles. The van der Waals surface area contributed by atoms with Crippen molar-refractivity contribution in [1.82, 2.24) is 5.43 Å². The van der Waals surface area contributed by atoms with E-state index in [0.717, 1.165) is 14.8 Å². The number of carbonyl (C=O) groups is 2. The molecule has 5 nitrogen and oxygen atoms in total. The lowest BCUT2D eigenvalue weighted by atomic mass is 10.1. The minimum atomic E-state index is -0.393. The lowest BCUT2D eigenvalue weighted by Gasteiger charge is -2.14. The van der Waals surface area contributed by atoms with Gasteiger partial charge in [-0.2, -0.15) is 0 Å². The molecule has 6 heteroatoms. The van der Waals surface area contributed by atoms with Crippen molar-refractivity contribution in [2.24, 2.45) is 0 Å². The average Bonchev–Trinajstić information content (AvgIpc) is 2.84. The molecule has 0 radical (unpaired) electrons. The molecule has 0 spiro atoms. The minimum Gasteiger partial charge on any atom is -0.378 e. The fourth-order valence-electron chi connectivity index (χ4n) is 2.36. The summed E-state index contributed by atoms with van der Waals surface area (Å²) in [5, 5.41) is 1.28. The molecule has 0 unspecified atom stereocenters. The topological polar surface area (TPSA) is 52.7 Å². The zero-order valence-corrected chi connectivity index (χ0v) is 15.4. The summed E-state index contributed by atoms with van der Waals surface area (Å²) in [6.45, 7) is 0. The van der Waals surface area contributed by atoms with Gasteiger partial charge in [0, 0.05) is 23.4 Å². The first-order chi connectivity index (χ1) is 11.5. The van der Waals surface area contributed by atoms with Gasteiger partial charge < -0.3 is 4.90 Å². The van der Waals surface area contributed by atoms with Crippen LogP contribution in [0.5, 0.6) is 0 Å². The molecule has 1 fully saturated rings. The molecule has 2 aromatic rings. The van der Waals surface area contributed by atoms with E-state index >= 15 is 0 Å². The van der Waals surface area contributed by atoms with E-state index in [4.69, 9.17) is 0 Å². The van der Waals surface area contributed by atoms with Crippen LogP contribution in [0.4, 0.5) is 11.4 Å². The summed E-state index contributed by atoms with van der Waals surface area (Å²) in [6.07, 6.45) is 1.61. The normalized spacial score (nSPS) is 15.8. The summed E-state index contributed by atoms with van der Waals surface area (Å²) in [5.74, 6) is -0.742. The standard InChI is InChI=1S/C18H16IN3O2/c1-21(2)14-7-3-12(4-8-14)11-16-17(23)20-22(18(16)24)15-9-5-13(19)6-10-15/h3-11H,1-2H3,(H,20,23)/b16-11+. The highest BCUT2D eigenvalue weighted by atomic mass is 127. The highest BCUT2D eigenvalue weighted by Gasteiger charge is 2.34. The maximum absolute atomic E-state index is 12.5. The number of hydrogen-bond donors (Lipinski definition) is 1. The molecule has 0 atom stereocenters. The smallest absolute Gasteiger partial charge is 0.282 e. The van der Waals surface area contributed by atoms with Gasteiger partial charge in [0.25, 0.3) is 11.8 Å². The van der Waals surface area contributed by atoms with Gasteiger partial charge in [-0.25, -0.2) is 5.01 Å². The molecule has 1 aliphatic rings. The van der Waals surface area contributed by atoms with Crippen LogP contribution in [0, 0.1) is 3.57 Å². The van der Waals surface area contributed by atoms with E-state index in [1.54, 1.807) is 18.2 Å². The number of rotatable bonds is 3. The Balaban J connectivity index is 1.87. The van der Waals surface area contributed by atoms with Crippen LogP contribution in [0.1, 0.15) is 5.56 Å². The number of halogens is 1. The fourth-order valence-corrected chi connectivity index (χ4v) is 2.72. The summed E-state index contributed by atoms with van der Waals surface area (Å²) < 4.78 is 1.06. The molecule has 122 valence electrons. The van der Waals surface area contributed by atoms with E-state index in [9.17, 15) is 9.59 Å². The van der Waals surface area contributed by atoms with Crippen molar-refractivity contribution in [3.8, 4) is 0 Å². The zero-order valence-electron chi connectivity index (χ0n) is 13.3. The number of anilines is 2. The van der Waals surface area contributed by atoms with Crippen LogP contribution in [0.15, 0.2) is 54.1 Å². The van der Waals surface area contributed by atoms with Crippen LogP contribution >= 0.6 is 22.6 Å². The second-order valence-corrected chi connectivity index (χ2v) is 6.85. The third-order valence-electron chi connectivity index (χ3n) is 3.70. The second-order valence-electron chi connectivity index (χ2n) is 5.60. The summed E-state index contributed by atoms with van der Waals surface area (Å²) >= 11 is 2.19. The predicted octanol–water partition coefficient (Wildman–Crippen LogP) is 2.82. The molecule has 0 bridgehead atoms. The number of carbonyl (C=O) groups excluding carboxylic acids is 2. The van der Waals surface area contributed by atoms with E-state index in [-0.39, 0.29) is 11.5 Å². The van der Waals surface area contributed by atoms with Gasteiger partial charge in [0.2, 0.25) is 0 Å². The van der Waals surface area contributed by atoms with Crippen LogP contribution in [-0.2, 0) is 9.59 Å². The number of hydrogen-bond acceptors (Lipinski definition) is 3. The first kappa shape index (κ1) is 16.5. The quantitative estimate of drug-likeness (QED) is 0.460. The molecule has 0 aliphatic carbocycles. The van der Waals surface area contributed by atoms with Gasteiger partial charge in [-0.15, -0.1) is 0 Å². The maximum atomic E-state index is 12.5. The molecular weight excluding hydrogens is 417 g/mol. The SMILES string of the molecule is CN(C)c1ccc(/C=C2\C(=O)NN(c3ccc(I)cc3)C2=O)cc1. The van der Waals surface area contributed by atoms with Gasteiger partial charge in [-0.3, -0.25) is 15.0 Å². The first-order valence-corrected chi connectivity index (χ1v) is 8.43. The summed E-state index contributed by atoms with van der Waals surface area (Å²) in [4.78, 5) is 26.7. The van der Waals surface area contributed by atoms with Gasteiger partial charge in [0.15, 0.2) is 0 Å². The number of hydrazine groups is 1. The van der Waals surface area contributed by atoms with E-state index in [2.05, 4.69) is 28.0 Å². The predicted molar refractivity (Wildman–Crippen MR) is 104 cm³/mol. The Kier molecular flexibility index (Phi) is 4.57. The van der Waals surface area contributed by atoms with Crippen molar-refractivity contribution in [2.45, 2.75) is 0 Å². The number of nitrogens with one attached hydrogen (secondary N) is 1. The van der Waals surface area contributed by atoms with Crippen LogP contribution in [0.25, 0.3) is 6.08 Å². The molecule has 3 rings (SSSR count). The Morgan fingerprint density at radius 3 is 2.21 bits per heavy atom. The van der Waals surface area contributed by atoms with E-state index in [1.807, 2.05) is 55.4 Å². The molecule has 24 heavy (non-hydrogen) atoms. The molecule has 2 amide bonds. The van der Waals surface area contributed by atoms with Crippen LogP contribution < -0.4 is 15.3 Å². The highest BCUT2D eigenvalue weighted by molar-refractivity contribution is 14.1. The van der Waals surface area contributed by atoms with Crippen molar-refractivity contribution >= 4 is 51.9 Å². The van der Waals surface area contributed by atoms with Crippen LogP contribution in [0.2, 0.25) is 0 Å². The average molecular weight is 433 g/mol.